The number of hydrogen-bond donors (Lipinski definition) is 1. The van der Waals surface area contributed by atoms with Gasteiger partial charge in [-0.2, -0.15) is 0 Å². The predicted molar refractivity (Wildman–Crippen MR) is 129 cm³/mol. The topological polar surface area (TPSA) is 90.1 Å². The van der Waals surface area contributed by atoms with Crippen LogP contribution < -0.4 is 19.6 Å². The van der Waals surface area contributed by atoms with E-state index in [0.717, 1.165) is 10.0 Å². The molecule has 0 amide bonds. The maximum absolute atomic E-state index is 13.5. The van der Waals surface area contributed by atoms with Crippen molar-refractivity contribution in [1.29, 1.82) is 0 Å². The third-order valence-electron chi connectivity index (χ3n) is 5.22. The zero-order valence-electron chi connectivity index (χ0n) is 18.2. The van der Waals surface area contributed by atoms with E-state index >= 15 is 0 Å². The normalized spacial score (nSPS) is 15.8. The fourth-order valence-electron chi connectivity index (χ4n) is 3.68. The molecule has 1 aliphatic heterocycles. The van der Waals surface area contributed by atoms with E-state index in [-0.39, 0.29) is 17.9 Å². The number of ether oxygens (including phenoxy) is 2. The average Bonchev–Trinajstić information content (AvgIpc) is 3.10. The van der Waals surface area contributed by atoms with Gasteiger partial charge in [-0.3, -0.25) is 9.36 Å². The van der Waals surface area contributed by atoms with E-state index < -0.39 is 12.0 Å². The summed E-state index contributed by atoms with van der Waals surface area (Å²) in [5, 5.41) is 10.2. The monoisotopic (exact) mass is 528 g/mol. The Kier molecular flexibility index (Phi) is 6.53. The molecular formula is C24H21BrN2O5S. The lowest BCUT2D eigenvalue weighted by Gasteiger charge is -2.24. The number of phenolic OH excluding ortho intramolecular Hbond substituents is 1. The molecule has 1 aliphatic rings. The van der Waals surface area contributed by atoms with Crippen molar-refractivity contribution in [2.24, 2.45) is 4.99 Å². The first-order valence-electron chi connectivity index (χ1n) is 10.2. The highest BCUT2D eigenvalue weighted by Crippen LogP contribution is 2.31. The number of allylic oxidation sites excluding steroid dienone is 1. The summed E-state index contributed by atoms with van der Waals surface area (Å²) >= 11 is 4.58. The van der Waals surface area contributed by atoms with Crippen molar-refractivity contribution in [2.75, 3.05) is 13.7 Å². The van der Waals surface area contributed by atoms with E-state index in [1.165, 1.54) is 15.9 Å². The lowest BCUT2D eigenvalue weighted by atomic mass is 9.96. The molecule has 0 fully saturated rings. The quantitative estimate of drug-likeness (QED) is 0.513. The molecule has 0 unspecified atom stereocenters. The average molecular weight is 529 g/mol. The molecule has 7 nitrogen and oxygen atoms in total. The van der Waals surface area contributed by atoms with Crippen molar-refractivity contribution in [3.05, 3.63) is 89.0 Å². The van der Waals surface area contributed by atoms with Crippen LogP contribution in [0.3, 0.4) is 0 Å². The van der Waals surface area contributed by atoms with E-state index in [1.54, 1.807) is 57.4 Å². The van der Waals surface area contributed by atoms with Crippen LogP contribution in [-0.2, 0) is 9.53 Å². The first-order valence-corrected chi connectivity index (χ1v) is 11.8. The van der Waals surface area contributed by atoms with Crippen LogP contribution >= 0.6 is 27.3 Å². The molecule has 4 rings (SSSR count). The number of phenols is 1. The second-order valence-corrected chi connectivity index (χ2v) is 9.20. The maximum atomic E-state index is 13.5. The number of esters is 1. The molecule has 1 N–H and O–H groups in total. The number of aromatic nitrogens is 1. The largest absolute Gasteiger partial charge is 0.507 e. The van der Waals surface area contributed by atoms with Crippen molar-refractivity contribution < 1.29 is 19.4 Å². The fraction of sp³-hybridized carbons (Fsp3) is 0.208. The van der Waals surface area contributed by atoms with Crippen molar-refractivity contribution in [1.82, 2.24) is 4.57 Å². The number of rotatable bonds is 5. The van der Waals surface area contributed by atoms with Gasteiger partial charge in [0.1, 0.15) is 11.5 Å². The summed E-state index contributed by atoms with van der Waals surface area (Å²) in [6.07, 6.45) is 1.62. The van der Waals surface area contributed by atoms with Gasteiger partial charge >= 0.3 is 5.97 Å². The van der Waals surface area contributed by atoms with Crippen molar-refractivity contribution >= 4 is 39.3 Å². The highest BCUT2D eigenvalue weighted by Gasteiger charge is 2.33. The maximum Gasteiger partial charge on any atom is 0.338 e. The summed E-state index contributed by atoms with van der Waals surface area (Å²) in [6.45, 7) is 3.67. The van der Waals surface area contributed by atoms with Gasteiger partial charge in [0.05, 0.1) is 35.6 Å². The Bertz CT molecular complexity index is 1440. The molecule has 1 atom stereocenters. The third-order valence-corrected chi connectivity index (χ3v) is 6.70. The SMILES string of the molecule is CCOC(=O)C1=C(C)N=c2s/c(=C\c3cc(Br)ccc3O)c(=O)n2[C@@H]1c1ccc(OC)cc1. The summed E-state index contributed by atoms with van der Waals surface area (Å²) in [4.78, 5) is 31.4. The Morgan fingerprint density at radius 3 is 2.67 bits per heavy atom. The van der Waals surface area contributed by atoms with Gasteiger partial charge in [0.15, 0.2) is 4.80 Å². The van der Waals surface area contributed by atoms with Crippen LogP contribution in [0.2, 0.25) is 0 Å². The van der Waals surface area contributed by atoms with Gasteiger partial charge in [-0.1, -0.05) is 39.4 Å². The molecular weight excluding hydrogens is 508 g/mol. The summed E-state index contributed by atoms with van der Waals surface area (Å²) < 4.78 is 13.2. The Hall–Kier alpha value is -3.17. The Morgan fingerprint density at radius 2 is 2.00 bits per heavy atom. The van der Waals surface area contributed by atoms with Crippen LogP contribution in [0.4, 0.5) is 0 Å². The smallest absolute Gasteiger partial charge is 0.338 e. The molecule has 33 heavy (non-hydrogen) atoms. The molecule has 2 heterocycles. The first kappa shape index (κ1) is 23.0. The van der Waals surface area contributed by atoms with Gasteiger partial charge in [0, 0.05) is 10.0 Å². The Morgan fingerprint density at radius 1 is 1.27 bits per heavy atom. The second kappa shape index (κ2) is 9.36. The molecule has 0 bridgehead atoms. The number of nitrogens with zero attached hydrogens (tertiary/aromatic N) is 2. The van der Waals surface area contributed by atoms with Crippen LogP contribution in [-0.4, -0.2) is 29.4 Å². The number of carbonyl (C=O) groups is 1. The van der Waals surface area contributed by atoms with Crippen LogP contribution in [0.1, 0.15) is 31.0 Å². The third kappa shape index (κ3) is 4.38. The lowest BCUT2D eigenvalue weighted by molar-refractivity contribution is -0.139. The van der Waals surface area contributed by atoms with Crippen LogP contribution in [0.15, 0.2) is 68.0 Å². The van der Waals surface area contributed by atoms with Crippen LogP contribution in [0.25, 0.3) is 6.08 Å². The van der Waals surface area contributed by atoms with Gasteiger partial charge in [-0.05, 0) is 55.8 Å². The molecule has 9 heteroatoms. The van der Waals surface area contributed by atoms with Gasteiger partial charge in [-0.25, -0.2) is 9.79 Å². The summed E-state index contributed by atoms with van der Waals surface area (Å²) in [5.41, 5.74) is 1.72. The standard InChI is InChI=1S/C24H21BrN2O5S/c1-4-32-23(30)20-13(2)26-24-27(21(20)14-5-8-17(31-3)9-6-14)22(29)19(33-24)12-15-11-16(25)7-10-18(15)28/h5-12,21,28H,4H2,1-3H3/b19-12-/t21-/m1/s1. The van der Waals surface area contributed by atoms with E-state index in [2.05, 4.69) is 20.9 Å². The fourth-order valence-corrected chi connectivity index (χ4v) is 5.09. The lowest BCUT2D eigenvalue weighted by Crippen LogP contribution is -2.39. The molecule has 0 spiro atoms. The number of thiazole rings is 1. The molecule has 1 aromatic heterocycles. The van der Waals surface area contributed by atoms with Gasteiger partial charge < -0.3 is 14.6 Å². The van der Waals surface area contributed by atoms with E-state index in [9.17, 15) is 14.7 Å². The van der Waals surface area contributed by atoms with Crippen molar-refractivity contribution in [3.63, 3.8) is 0 Å². The highest BCUT2D eigenvalue weighted by atomic mass is 79.9. The molecule has 0 aliphatic carbocycles. The van der Waals surface area contributed by atoms with E-state index in [4.69, 9.17) is 9.47 Å². The molecule has 170 valence electrons. The number of methoxy groups -OCH3 is 1. The summed E-state index contributed by atoms with van der Waals surface area (Å²) in [6, 6.07) is 11.5. The van der Waals surface area contributed by atoms with Crippen LogP contribution in [0, 0.1) is 0 Å². The molecule has 0 saturated carbocycles. The minimum Gasteiger partial charge on any atom is -0.507 e. The number of hydrogen-bond acceptors (Lipinski definition) is 7. The number of carbonyl (C=O) groups excluding carboxylic acids is 1. The highest BCUT2D eigenvalue weighted by molar-refractivity contribution is 9.10. The number of benzene rings is 2. The number of halogens is 1. The Labute approximate surface area is 202 Å². The first-order chi connectivity index (χ1) is 15.8. The van der Waals surface area contributed by atoms with Crippen molar-refractivity contribution in [2.45, 2.75) is 19.9 Å². The summed E-state index contributed by atoms with van der Waals surface area (Å²) in [7, 11) is 1.57. The molecule has 0 saturated heterocycles. The minimum absolute atomic E-state index is 0.0548. The zero-order chi connectivity index (χ0) is 23.7. The zero-order valence-corrected chi connectivity index (χ0v) is 20.6. The van der Waals surface area contributed by atoms with E-state index in [0.29, 0.717) is 31.9 Å². The minimum atomic E-state index is -0.704. The predicted octanol–water partition coefficient (Wildman–Crippen LogP) is 3.28. The second-order valence-electron chi connectivity index (χ2n) is 7.28. The van der Waals surface area contributed by atoms with Crippen LogP contribution in [0.5, 0.6) is 11.5 Å². The number of aromatic hydroxyl groups is 1. The van der Waals surface area contributed by atoms with Gasteiger partial charge in [0.25, 0.3) is 5.56 Å². The molecule has 2 aromatic carbocycles. The molecule has 0 radical (unpaired) electrons. The molecule has 3 aromatic rings. The Balaban J connectivity index is 1.96. The summed E-state index contributed by atoms with van der Waals surface area (Å²) in [5.74, 6) is 0.201. The van der Waals surface area contributed by atoms with Gasteiger partial charge in [0.2, 0.25) is 0 Å². The van der Waals surface area contributed by atoms with Gasteiger partial charge in [-0.15, -0.1) is 0 Å². The van der Waals surface area contributed by atoms with E-state index in [1.807, 2.05) is 12.1 Å². The number of fused-ring (bicyclic) bond motifs is 1. The van der Waals surface area contributed by atoms with Crippen molar-refractivity contribution in [3.8, 4) is 11.5 Å².